The van der Waals surface area contributed by atoms with E-state index in [4.69, 9.17) is 4.74 Å². The molecule has 0 radical (unpaired) electrons. The lowest BCUT2D eigenvalue weighted by Gasteiger charge is -2.09. The number of carbonyl (C=O) groups is 1. The Morgan fingerprint density at radius 3 is 2.64 bits per heavy atom. The third kappa shape index (κ3) is 7.13. The first-order valence-electron chi connectivity index (χ1n) is 9.81. The monoisotopic (exact) mass is 386 g/mol. The van der Waals surface area contributed by atoms with E-state index in [0.29, 0.717) is 30.8 Å². The van der Waals surface area contributed by atoms with Crippen LogP contribution in [0.4, 0.5) is 0 Å². The molecule has 0 fully saturated rings. The summed E-state index contributed by atoms with van der Waals surface area (Å²) in [5.74, 6) is 1.97. The molecule has 2 aromatic rings. The number of nitrogens with zero attached hydrogens (tertiary/aromatic N) is 2. The Kier molecular flexibility index (Phi) is 8.17. The molecule has 0 aliphatic rings. The number of benzene rings is 1. The third-order valence-electron chi connectivity index (χ3n) is 4.09. The van der Waals surface area contributed by atoms with Crippen LogP contribution in [-0.4, -0.2) is 34.2 Å². The zero-order valence-electron chi connectivity index (χ0n) is 17.1. The molecule has 0 spiro atoms. The maximum atomic E-state index is 12.3. The fourth-order valence-corrected chi connectivity index (χ4v) is 2.47. The second-order valence-corrected chi connectivity index (χ2v) is 7.71. The largest absolute Gasteiger partial charge is 0.493 e. The summed E-state index contributed by atoms with van der Waals surface area (Å²) >= 11 is 0. The number of hydrogen-bond donors (Lipinski definition) is 2. The molecule has 0 saturated heterocycles. The van der Waals surface area contributed by atoms with Crippen LogP contribution in [0, 0.1) is 11.8 Å². The van der Waals surface area contributed by atoms with Crippen LogP contribution in [0.2, 0.25) is 0 Å². The Labute approximate surface area is 165 Å². The standard InChI is InChI=1S/C21H30N4O3/c1-14(2)10-11-22-19(26)9-8-18-21(27)23-20(25-24-18)16-6-5-7-17(12-16)28-13-15(3)4/h5-7,12,14-15H,8-11,13H2,1-4H3,(H,22,26)(H,23,25,27). The Morgan fingerprint density at radius 2 is 1.96 bits per heavy atom. The molecule has 0 atom stereocenters. The number of carbonyl (C=O) groups excluding carboxylic acids is 1. The van der Waals surface area contributed by atoms with Crippen molar-refractivity contribution in [1.29, 1.82) is 0 Å². The number of amides is 1. The fourth-order valence-electron chi connectivity index (χ4n) is 2.47. The van der Waals surface area contributed by atoms with Crippen molar-refractivity contribution < 1.29 is 9.53 Å². The molecule has 1 amide bonds. The summed E-state index contributed by atoms with van der Waals surface area (Å²) in [4.78, 5) is 26.9. The summed E-state index contributed by atoms with van der Waals surface area (Å²) in [6, 6.07) is 7.37. The molecule has 152 valence electrons. The maximum Gasteiger partial charge on any atom is 0.273 e. The van der Waals surface area contributed by atoms with Crippen molar-refractivity contribution in [3.63, 3.8) is 0 Å². The van der Waals surface area contributed by atoms with E-state index in [1.807, 2.05) is 24.3 Å². The average molecular weight is 386 g/mol. The van der Waals surface area contributed by atoms with Gasteiger partial charge in [0, 0.05) is 24.9 Å². The second-order valence-electron chi connectivity index (χ2n) is 7.71. The third-order valence-corrected chi connectivity index (χ3v) is 4.09. The van der Waals surface area contributed by atoms with E-state index in [9.17, 15) is 9.59 Å². The van der Waals surface area contributed by atoms with E-state index >= 15 is 0 Å². The highest BCUT2D eigenvalue weighted by atomic mass is 16.5. The predicted octanol–water partition coefficient (Wildman–Crippen LogP) is 2.96. The molecule has 2 N–H and O–H groups in total. The Hall–Kier alpha value is -2.70. The van der Waals surface area contributed by atoms with Gasteiger partial charge in [-0.15, -0.1) is 10.2 Å². The molecule has 1 heterocycles. The molecule has 0 saturated carbocycles. The Morgan fingerprint density at radius 1 is 1.18 bits per heavy atom. The molecule has 2 rings (SSSR count). The molecule has 0 aliphatic carbocycles. The number of H-pyrrole nitrogens is 1. The van der Waals surface area contributed by atoms with Gasteiger partial charge in [-0.2, -0.15) is 0 Å². The van der Waals surface area contributed by atoms with Gasteiger partial charge in [-0.1, -0.05) is 39.8 Å². The van der Waals surface area contributed by atoms with Crippen molar-refractivity contribution in [2.75, 3.05) is 13.2 Å². The van der Waals surface area contributed by atoms with Crippen LogP contribution in [0.1, 0.15) is 46.2 Å². The smallest absolute Gasteiger partial charge is 0.273 e. The lowest BCUT2D eigenvalue weighted by molar-refractivity contribution is -0.121. The first-order valence-corrected chi connectivity index (χ1v) is 9.81. The van der Waals surface area contributed by atoms with Gasteiger partial charge in [-0.3, -0.25) is 9.59 Å². The molecular weight excluding hydrogens is 356 g/mol. The normalized spacial score (nSPS) is 11.1. The quantitative estimate of drug-likeness (QED) is 0.654. The summed E-state index contributed by atoms with van der Waals surface area (Å²) < 4.78 is 5.71. The first-order chi connectivity index (χ1) is 13.3. The highest BCUT2D eigenvalue weighted by molar-refractivity contribution is 5.76. The van der Waals surface area contributed by atoms with E-state index < -0.39 is 0 Å². The lowest BCUT2D eigenvalue weighted by atomic mass is 10.1. The topological polar surface area (TPSA) is 97.0 Å². The molecule has 0 bridgehead atoms. The highest BCUT2D eigenvalue weighted by Crippen LogP contribution is 2.20. The molecule has 7 nitrogen and oxygen atoms in total. The van der Waals surface area contributed by atoms with Crippen LogP contribution >= 0.6 is 0 Å². The number of ether oxygens (including phenoxy) is 1. The average Bonchev–Trinajstić information content (AvgIpc) is 2.65. The Bertz CT molecular complexity index is 830. The second kappa shape index (κ2) is 10.6. The van der Waals surface area contributed by atoms with Gasteiger partial charge in [0.25, 0.3) is 5.56 Å². The molecule has 7 heteroatoms. The van der Waals surface area contributed by atoms with E-state index in [2.05, 4.69) is 48.2 Å². The highest BCUT2D eigenvalue weighted by Gasteiger charge is 2.10. The van der Waals surface area contributed by atoms with Gasteiger partial charge in [0.1, 0.15) is 11.4 Å². The van der Waals surface area contributed by atoms with Crippen LogP contribution in [0.3, 0.4) is 0 Å². The molecule has 28 heavy (non-hydrogen) atoms. The number of hydrogen-bond acceptors (Lipinski definition) is 5. The fraction of sp³-hybridized carbons (Fsp3) is 0.524. The zero-order valence-corrected chi connectivity index (χ0v) is 17.1. The van der Waals surface area contributed by atoms with Crippen molar-refractivity contribution in [3.05, 3.63) is 40.3 Å². The van der Waals surface area contributed by atoms with Crippen molar-refractivity contribution in [1.82, 2.24) is 20.5 Å². The minimum Gasteiger partial charge on any atom is -0.493 e. The van der Waals surface area contributed by atoms with E-state index in [0.717, 1.165) is 17.7 Å². The maximum absolute atomic E-state index is 12.3. The number of aromatic nitrogens is 3. The molecule has 0 aliphatic heterocycles. The van der Waals surface area contributed by atoms with Crippen LogP contribution < -0.4 is 15.6 Å². The summed E-state index contributed by atoms with van der Waals surface area (Å²) in [5, 5.41) is 11.0. The van der Waals surface area contributed by atoms with Gasteiger partial charge < -0.3 is 15.0 Å². The minimum absolute atomic E-state index is 0.0825. The SMILES string of the molecule is CC(C)CCNC(=O)CCc1nnc(-c2cccc(OCC(C)C)c2)[nH]c1=O. The molecular formula is C21H30N4O3. The van der Waals surface area contributed by atoms with Crippen molar-refractivity contribution in [3.8, 4) is 17.1 Å². The number of aromatic amines is 1. The van der Waals surface area contributed by atoms with E-state index in [-0.39, 0.29) is 30.0 Å². The van der Waals surface area contributed by atoms with Crippen molar-refractivity contribution >= 4 is 5.91 Å². The van der Waals surface area contributed by atoms with Gasteiger partial charge in [0.15, 0.2) is 5.82 Å². The minimum atomic E-state index is -0.325. The molecule has 1 aromatic heterocycles. The zero-order chi connectivity index (χ0) is 20.5. The lowest BCUT2D eigenvalue weighted by Crippen LogP contribution is -2.27. The summed E-state index contributed by atoms with van der Waals surface area (Å²) in [7, 11) is 0. The Balaban J connectivity index is 1.97. The predicted molar refractivity (Wildman–Crippen MR) is 109 cm³/mol. The summed E-state index contributed by atoms with van der Waals surface area (Å²) in [6.07, 6.45) is 1.40. The number of nitrogens with one attached hydrogen (secondary N) is 2. The van der Waals surface area contributed by atoms with Crippen LogP contribution in [0.25, 0.3) is 11.4 Å². The van der Waals surface area contributed by atoms with Gasteiger partial charge in [-0.05, 0) is 30.4 Å². The molecule has 0 unspecified atom stereocenters. The van der Waals surface area contributed by atoms with E-state index in [1.54, 1.807) is 0 Å². The first kappa shape index (κ1) is 21.6. The number of aryl methyl sites for hydroxylation is 1. The van der Waals surface area contributed by atoms with Crippen LogP contribution in [0.15, 0.2) is 29.1 Å². The van der Waals surface area contributed by atoms with E-state index in [1.165, 1.54) is 0 Å². The summed E-state index contributed by atoms with van der Waals surface area (Å²) in [5.41, 5.74) is 0.660. The van der Waals surface area contributed by atoms with Gasteiger partial charge in [0.05, 0.1) is 6.61 Å². The van der Waals surface area contributed by atoms with Gasteiger partial charge >= 0.3 is 0 Å². The molecule has 1 aromatic carbocycles. The van der Waals surface area contributed by atoms with Gasteiger partial charge in [0.2, 0.25) is 5.91 Å². The van der Waals surface area contributed by atoms with Crippen molar-refractivity contribution in [2.45, 2.75) is 47.0 Å². The summed E-state index contributed by atoms with van der Waals surface area (Å²) in [6.45, 7) is 9.63. The number of rotatable bonds is 10. The van der Waals surface area contributed by atoms with Crippen molar-refractivity contribution in [2.24, 2.45) is 11.8 Å². The van der Waals surface area contributed by atoms with Crippen LogP contribution in [-0.2, 0) is 11.2 Å². The van der Waals surface area contributed by atoms with Crippen LogP contribution in [0.5, 0.6) is 5.75 Å². The van der Waals surface area contributed by atoms with Gasteiger partial charge in [-0.25, -0.2) is 0 Å².